The van der Waals surface area contributed by atoms with E-state index in [9.17, 15) is 8.42 Å². The number of sulfonamides is 1. The van der Waals surface area contributed by atoms with Crippen LogP contribution in [0, 0.1) is 13.8 Å². The third-order valence-corrected chi connectivity index (χ3v) is 5.21. The molecule has 1 N–H and O–H groups in total. The monoisotopic (exact) mass is 329 g/mol. The molecule has 0 aliphatic heterocycles. The third-order valence-electron chi connectivity index (χ3n) is 3.84. The van der Waals surface area contributed by atoms with Crippen molar-refractivity contribution in [3.8, 4) is 0 Å². The van der Waals surface area contributed by atoms with Gasteiger partial charge in [-0.3, -0.25) is 4.72 Å². The Morgan fingerprint density at radius 1 is 1.04 bits per heavy atom. The number of hydrogen-bond acceptors (Lipinski definition) is 2. The summed E-state index contributed by atoms with van der Waals surface area (Å²) in [6.45, 7) is 7.86. The molecular weight excluding hydrogens is 306 g/mol. The van der Waals surface area contributed by atoms with E-state index in [0.29, 0.717) is 5.69 Å². The average Bonchev–Trinajstić information content (AvgIpc) is 2.50. The van der Waals surface area contributed by atoms with Crippen LogP contribution in [0.5, 0.6) is 0 Å². The van der Waals surface area contributed by atoms with Gasteiger partial charge >= 0.3 is 0 Å². The van der Waals surface area contributed by atoms with Crippen molar-refractivity contribution in [1.29, 1.82) is 0 Å². The number of rotatable bonds is 5. The Labute approximate surface area is 139 Å². The van der Waals surface area contributed by atoms with Crippen molar-refractivity contribution in [3.05, 3.63) is 71.3 Å². The van der Waals surface area contributed by atoms with Crippen molar-refractivity contribution in [2.24, 2.45) is 0 Å². The van der Waals surface area contributed by atoms with Crippen molar-refractivity contribution in [1.82, 2.24) is 0 Å². The normalized spacial score (nSPS) is 13.2. The molecule has 0 amide bonds. The molecule has 0 bridgehead atoms. The van der Waals surface area contributed by atoms with Crippen LogP contribution in [0.3, 0.4) is 0 Å². The molecule has 0 aliphatic rings. The topological polar surface area (TPSA) is 46.2 Å². The molecule has 2 aromatic rings. The molecule has 23 heavy (non-hydrogen) atoms. The summed E-state index contributed by atoms with van der Waals surface area (Å²) in [6, 6.07) is 12.7. The van der Waals surface area contributed by atoms with E-state index < -0.39 is 10.0 Å². The molecule has 2 rings (SSSR count). The molecule has 0 saturated heterocycles. The summed E-state index contributed by atoms with van der Waals surface area (Å²) in [5, 5.41) is 0. The maximum absolute atomic E-state index is 12.7. The van der Waals surface area contributed by atoms with Crippen LogP contribution in [0.15, 0.2) is 59.5 Å². The van der Waals surface area contributed by atoms with Gasteiger partial charge in [0, 0.05) is 5.92 Å². The van der Waals surface area contributed by atoms with Crippen molar-refractivity contribution >= 4 is 15.7 Å². The van der Waals surface area contributed by atoms with Gasteiger partial charge in [0.05, 0.1) is 10.6 Å². The second-order valence-electron chi connectivity index (χ2n) is 5.77. The maximum Gasteiger partial charge on any atom is 0.261 e. The van der Waals surface area contributed by atoms with Crippen molar-refractivity contribution in [2.75, 3.05) is 4.72 Å². The number of benzene rings is 2. The summed E-state index contributed by atoms with van der Waals surface area (Å²) < 4.78 is 28.1. The fourth-order valence-corrected chi connectivity index (χ4v) is 3.67. The summed E-state index contributed by atoms with van der Waals surface area (Å²) in [4.78, 5) is 0.274. The lowest BCUT2D eigenvalue weighted by molar-refractivity contribution is 0.601. The Morgan fingerprint density at radius 2 is 1.70 bits per heavy atom. The summed E-state index contributed by atoms with van der Waals surface area (Å²) in [5.74, 6) is 0.135. The highest BCUT2D eigenvalue weighted by atomic mass is 32.2. The fourth-order valence-electron chi connectivity index (χ4n) is 2.51. The predicted molar refractivity (Wildman–Crippen MR) is 96.4 cm³/mol. The van der Waals surface area contributed by atoms with Gasteiger partial charge in [-0.05, 0) is 44.0 Å². The largest absolute Gasteiger partial charge is 0.279 e. The number of aryl methyl sites for hydroxylation is 2. The van der Waals surface area contributed by atoms with Crippen LogP contribution in [-0.2, 0) is 10.0 Å². The Morgan fingerprint density at radius 3 is 2.30 bits per heavy atom. The van der Waals surface area contributed by atoms with Crippen LogP contribution >= 0.6 is 0 Å². The Balaban J connectivity index is 2.45. The van der Waals surface area contributed by atoms with E-state index in [2.05, 4.69) is 17.7 Å². The van der Waals surface area contributed by atoms with Crippen molar-refractivity contribution in [2.45, 2.75) is 38.5 Å². The molecule has 122 valence electrons. The number of allylic oxidation sites excluding steroid dienone is 2. The highest BCUT2D eigenvalue weighted by molar-refractivity contribution is 7.92. The molecule has 0 saturated carbocycles. The number of para-hydroxylation sites is 1. The van der Waals surface area contributed by atoms with Gasteiger partial charge in [-0.1, -0.05) is 55.0 Å². The molecule has 1 unspecified atom stereocenters. The minimum absolute atomic E-state index is 0.135. The van der Waals surface area contributed by atoms with Gasteiger partial charge < -0.3 is 0 Å². The molecule has 0 spiro atoms. The van der Waals surface area contributed by atoms with E-state index in [0.717, 1.165) is 16.7 Å². The molecule has 3 nitrogen and oxygen atoms in total. The lowest BCUT2D eigenvalue weighted by Crippen LogP contribution is -2.15. The first-order valence-corrected chi connectivity index (χ1v) is 9.15. The van der Waals surface area contributed by atoms with Gasteiger partial charge in [-0.25, -0.2) is 8.42 Å². The van der Waals surface area contributed by atoms with E-state index in [1.54, 1.807) is 24.3 Å². The van der Waals surface area contributed by atoms with Crippen LogP contribution in [0.2, 0.25) is 0 Å². The smallest absolute Gasteiger partial charge is 0.261 e. The minimum atomic E-state index is -3.60. The maximum atomic E-state index is 12.7. The van der Waals surface area contributed by atoms with E-state index >= 15 is 0 Å². The molecule has 2 aromatic carbocycles. The van der Waals surface area contributed by atoms with E-state index in [1.165, 1.54) is 0 Å². The quantitative estimate of drug-likeness (QED) is 0.802. The number of nitrogens with one attached hydrogen (secondary N) is 1. The molecule has 0 aromatic heterocycles. The second kappa shape index (κ2) is 7.01. The van der Waals surface area contributed by atoms with Crippen LogP contribution in [0.25, 0.3) is 0 Å². The summed E-state index contributed by atoms with van der Waals surface area (Å²) in [7, 11) is -3.60. The second-order valence-corrected chi connectivity index (χ2v) is 7.45. The number of anilines is 1. The fraction of sp³-hybridized carbons (Fsp3) is 0.263. The SMILES string of the molecule is C/C=C/C(C)c1cccc(C)c1NS(=O)(=O)c1ccc(C)cc1. The number of hydrogen-bond donors (Lipinski definition) is 1. The van der Waals surface area contributed by atoms with Crippen LogP contribution in [0.4, 0.5) is 5.69 Å². The molecule has 1 atom stereocenters. The highest BCUT2D eigenvalue weighted by Gasteiger charge is 2.18. The standard InChI is InChI=1S/C19H23NO2S/c1-5-7-15(3)18-9-6-8-16(4)19(18)20-23(21,22)17-12-10-14(2)11-13-17/h5-13,15,20H,1-4H3/b7-5+. The zero-order valence-electron chi connectivity index (χ0n) is 14.0. The minimum Gasteiger partial charge on any atom is -0.279 e. The molecule has 0 heterocycles. The van der Waals surface area contributed by atoms with Crippen molar-refractivity contribution < 1.29 is 8.42 Å². The molecule has 0 aliphatic carbocycles. The van der Waals surface area contributed by atoms with Gasteiger partial charge in [0.25, 0.3) is 10.0 Å². The van der Waals surface area contributed by atoms with Crippen molar-refractivity contribution in [3.63, 3.8) is 0 Å². The van der Waals surface area contributed by atoms with E-state index in [1.807, 2.05) is 45.0 Å². The van der Waals surface area contributed by atoms with Gasteiger partial charge in [0.2, 0.25) is 0 Å². The Kier molecular flexibility index (Phi) is 5.26. The average molecular weight is 329 g/mol. The molecule has 0 fully saturated rings. The Hall–Kier alpha value is -2.07. The van der Waals surface area contributed by atoms with Crippen LogP contribution in [0.1, 0.15) is 36.5 Å². The molecule has 0 radical (unpaired) electrons. The first-order chi connectivity index (χ1) is 10.8. The lowest BCUT2D eigenvalue weighted by Gasteiger charge is -2.18. The Bertz CT molecular complexity index is 806. The molecular formula is C19H23NO2S. The summed E-state index contributed by atoms with van der Waals surface area (Å²) in [6.07, 6.45) is 4.03. The van der Waals surface area contributed by atoms with Gasteiger partial charge in [0.1, 0.15) is 0 Å². The molecule has 4 heteroatoms. The van der Waals surface area contributed by atoms with Crippen LogP contribution < -0.4 is 4.72 Å². The van der Waals surface area contributed by atoms with Gasteiger partial charge in [-0.2, -0.15) is 0 Å². The first-order valence-electron chi connectivity index (χ1n) is 7.67. The van der Waals surface area contributed by atoms with Gasteiger partial charge in [-0.15, -0.1) is 0 Å². The summed E-state index contributed by atoms with van der Waals surface area (Å²) >= 11 is 0. The van der Waals surface area contributed by atoms with Gasteiger partial charge in [0.15, 0.2) is 0 Å². The summed E-state index contributed by atoms with van der Waals surface area (Å²) in [5.41, 5.74) is 3.58. The highest BCUT2D eigenvalue weighted by Crippen LogP contribution is 2.30. The zero-order chi connectivity index (χ0) is 17.0. The predicted octanol–water partition coefficient (Wildman–Crippen LogP) is 4.78. The third kappa shape index (κ3) is 4.02. The van der Waals surface area contributed by atoms with E-state index in [-0.39, 0.29) is 10.8 Å². The van der Waals surface area contributed by atoms with E-state index in [4.69, 9.17) is 0 Å². The first kappa shape index (κ1) is 17.3. The zero-order valence-corrected chi connectivity index (χ0v) is 14.8. The van der Waals surface area contributed by atoms with Crippen LogP contribution in [-0.4, -0.2) is 8.42 Å². The lowest BCUT2D eigenvalue weighted by atomic mass is 9.96.